The number of hydrogen-bond donors (Lipinski definition) is 1. The molecular weight excluding hydrogens is 286 g/mol. The Kier molecular flexibility index (Phi) is 6.21. The van der Waals surface area contributed by atoms with E-state index in [0.717, 1.165) is 17.7 Å². The third-order valence-electron chi connectivity index (χ3n) is 3.43. The Labute approximate surface area is 129 Å². The number of carbonyl (C=O) groups is 2. The summed E-state index contributed by atoms with van der Waals surface area (Å²) in [4.78, 5) is 23.2. The van der Waals surface area contributed by atoms with Crippen LogP contribution >= 0.6 is 0 Å². The zero-order chi connectivity index (χ0) is 15.8. The molecule has 0 bridgehead atoms. The van der Waals surface area contributed by atoms with E-state index < -0.39 is 12.1 Å². The van der Waals surface area contributed by atoms with Crippen molar-refractivity contribution in [3.8, 4) is 5.75 Å². The van der Waals surface area contributed by atoms with Crippen LogP contribution in [-0.2, 0) is 25.5 Å². The van der Waals surface area contributed by atoms with Gasteiger partial charge in [0.05, 0.1) is 7.11 Å². The summed E-state index contributed by atoms with van der Waals surface area (Å²) in [5.74, 6) is 0.0384. The molecule has 120 valence electrons. The van der Waals surface area contributed by atoms with Gasteiger partial charge in [0.15, 0.2) is 12.7 Å². The summed E-state index contributed by atoms with van der Waals surface area (Å²) in [5, 5.41) is 2.72. The maximum Gasteiger partial charge on any atom is 0.335 e. The number of benzene rings is 1. The molecule has 1 amide bonds. The fourth-order valence-corrected chi connectivity index (χ4v) is 2.18. The van der Waals surface area contributed by atoms with Crippen molar-refractivity contribution in [2.75, 3.05) is 26.9 Å². The van der Waals surface area contributed by atoms with Gasteiger partial charge in [-0.1, -0.05) is 12.1 Å². The minimum Gasteiger partial charge on any atom is -0.497 e. The van der Waals surface area contributed by atoms with Crippen LogP contribution in [0.5, 0.6) is 5.75 Å². The Morgan fingerprint density at radius 3 is 2.73 bits per heavy atom. The maximum absolute atomic E-state index is 11.6. The summed E-state index contributed by atoms with van der Waals surface area (Å²) < 4.78 is 15.2. The van der Waals surface area contributed by atoms with Gasteiger partial charge < -0.3 is 19.5 Å². The number of carbonyl (C=O) groups excluding carboxylic acids is 2. The zero-order valence-electron chi connectivity index (χ0n) is 12.7. The van der Waals surface area contributed by atoms with Gasteiger partial charge in [0, 0.05) is 13.2 Å². The number of rotatable bonds is 7. The average Bonchev–Trinajstić information content (AvgIpc) is 3.08. The van der Waals surface area contributed by atoms with Crippen molar-refractivity contribution in [1.82, 2.24) is 5.32 Å². The standard InChI is InChI=1S/C16H21NO5/c1-20-13-6-4-12(5-7-13)8-9-17-15(18)11-22-16(19)14-3-2-10-21-14/h4-7,14H,2-3,8-11H2,1H3,(H,17,18)/t14-/m0/s1. The molecule has 0 spiro atoms. The molecule has 1 atom stereocenters. The molecule has 1 aliphatic heterocycles. The zero-order valence-corrected chi connectivity index (χ0v) is 12.7. The highest BCUT2D eigenvalue weighted by molar-refractivity contribution is 5.82. The highest BCUT2D eigenvalue weighted by Crippen LogP contribution is 2.13. The van der Waals surface area contributed by atoms with Gasteiger partial charge in [-0.15, -0.1) is 0 Å². The van der Waals surface area contributed by atoms with Crippen molar-refractivity contribution < 1.29 is 23.8 Å². The predicted molar refractivity (Wildman–Crippen MR) is 79.6 cm³/mol. The topological polar surface area (TPSA) is 73.9 Å². The maximum atomic E-state index is 11.6. The molecule has 1 saturated heterocycles. The third-order valence-corrected chi connectivity index (χ3v) is 3.43. The molecule has 1 fully saturated rings. The van der Waals surface area contributed by atoms with Gasteiger partial charge in [0.1, 0.15) is 5.75 Å². The molecule has 1 aliphatic rings. The van der Waals surface area contributed by atoms with Crippen molar-refractivity contribution in [1.29, 1.82) is 0 Å². The molecule has 1 N–H and O–H groups in total. The second kappa shape index (κ2) is 8.38. The minimum atomic E-state index is -0.507. The van der Waals surface area contributed by atoms with Gasteiger partial charge >= 0.3 is 5.97 Å². The number of methoxy groups -OCH3 is 1. The first-order valence-corrected chi connectivity index (χ1v) is 7.37. The van der Waals surface area contributed by atoms with E-state index in [0.29, 0.717) is 26.0 Å². The van der Waals surface area contributed by atoms with Crippen LogP contribution in [0.1, 0.15) is 18.4 Å². The largest absolute Gasteiger partial charge is 0.497 e. The van der Waals surface area contributed by atoms with Crippen molar-refractivity contribution in [3.63, 3.8) is 0 Å². The summed E-state index contributed by atoms with van der Waals surface area (Å²) >= 11 is 0. The van der Waals surface area contributed by atoms with Crippen molar-refractivity contribution in [2.45, 2.75) is 25.4 Å². The van der Waals surface area contributed by atoms with E-state index in [9.17, 15) is 9.59 Å². The van der Waals surface area contributed by atoms with E-state index in [4.69, 9.17) is 14.2 Å². The van der Waals surface area contributed by atoms with E-state index >= 15 is 0 Å². The quantitative estimate of drug-likeness (QED) is 0.763. The Bertz CT molecular complexity index is 494. The molecule has 2 rings (SSSR count). The molecule has 1 heterocycles. The van der Waals surface area contributed by atoms with Crippen LogP contribution in [-0.4, -0.2) is 44.8 Å². The number of amides is 1. The fourth-order valence-electron chi connectivity index (χ4n) is 2.18. The molecule has 1 aromatic carbocycles. The SMILES string of the molecule is COc1ccc(CCNC(=O)COC(=O)[C@@H]2CCCO2)cc1. The first-order chi connectivity index (χ1) is 10.7. The van der Waals surface area contributed by atoms with Crippen LogP contribution in [0.3, 0.4) is 0 Å². The molecule has 0 saturated carbocycles. The molecule has 0 radical (unpaired) electrons. The normalized spacial score (nSPS) is 17.0. The van der Waals surface area contributed by atoms with E-state index in [-0.39, 0.29) is 12.5 Å². The number of esters is 1. The number of hydrogen-bond acceptors (Lipinski definition) is 5. The monoisotopic (exact) mass is 307 g/mol. The lowest BCUT2D eigenvalue weighted by atomic mass is 10.1. The van der Waals surface area contributed by atoms with E-state index in [1.807, 2.05) is 24.3 Å². The van der Waals surface area contributed by atoms with Crippen molar-refractivity contribution >= 4 is 11.9 Å². The lowest BCUT2D eigenvalue weighted by Crippen LogP contribution is -2.32. The average molecular weight is 307 g/mol. The van der Waals surface area contributed by atoms with Gasteiger partial charge in [-0.2, -0.15) is 0 Å². The lowest BCUT2D eigenvalue weighted by Gasteiger charge is -2.10. The van der Waals surface area contributed by atoms with Crippen LogP contribution in [0, 0.1) is 0 Å². The molecule has 0 aliphatic carbocycles. The highest BCUT2D eigenvalue weighted by atomic mass is 16.6. The summed E-state index contributed by atoms with van der Waals surface area (Å²) in [6.07, 6.45) is 1.72. The molecule has 6 heteroatoms. The first-order valence-electron chi connectivity index (χ1n) is 7.37. The smallest absolute Gasteiger partial charge is 0.335 e. The van der Waals surface area contributed by atoms with Crippen molar-refractivity contribution in [2.24, 2.45) is 0 Å². The van der Waals surface area contributed by atoms with Crippen LogP contribution in [0.15, 0.2) is 24.3 Å². The fraction of sp³-hybridized carbons (Fsp3) is 0.500. The highest BCUT2D eigenvalue weighted by Gasteiger charge is 2.25. The second-order valence-electron chi connectivity index (χ2n) is 5.06. The second-order valence-corrected chi connectivity index (χ2v) is 5.06. The lowest BCUT2D eigenvalue weighted by molar-refractivity contribution is -0.157. The first kappa shape index (κ1) is 16.3. The van der Waals surface area contributed by atoms with Gasteiger partial charge in [-0.3, -0.25) is 4.79 Å². The van der Waals surface area contributed by atoms with Gasteiger partial charge in [-0.05, 0) is 37.0 Å². The summed E-state index contributed by atoms with van der Waals surface area (Å²) in [6.45, 7) is 0.803. The molecule has 22 heavy (non-hydrogen) atoms. The Balaban J connectivity index is 1.61. The Morgan fingerprint density at radius 1 is 1.32 bits per heavy atom. The van der Waals surface area contributed by atoms with Gasteiger partial charge in [0.25, 0.3) is 5.91 Å². The summed E-state index contributed by atoms with van der Waals surface area (Å²) in [5.41, 5.74) is 1.09. The van der Waals surface area contributed by atoms with E-state index in [1.165, 1.54) is 0 Å². The Morgan fingerprint density at radius 2 is 2.09 bits per heavy atom. The third kappa shape index (κ3) is 5.04. The molecule has 6 nitrogen and oxygen atoms in total. The van der Waals surface area contributed by atoms with Gasteiger partial charge in [0.2, 0.25) is 0 Å². The van der Waals surface area contributed by atoms with Gasteiger partial charge in [-0.25, -0.2) is 4.79 Å². The summed E-state index contributed by atoms with van der Waals surface area (Å²) in [7, 11) is 1.62. The molecule has 0 aromatic heterocycles. The number of ether oxygens (including phenoxy) is 3. The van der Waals surface area contributed by atoms with E-state index in [1.54, 1.807) is 7.11 Å². The van der Waals surface area contributed by atoms with Crippen molar-refractivity contribution in [3.05, 3.63) is 29.8 Å². The summed E-state index contributed by atoms with van der Waals surface area (Å²) in [6, 6.07) is 7.64. The predicted octanol–water partition coefficient (Wildman–Crippen LogP) is 1.08. The molecular formula is C16H21NO5. The molecule has 1 aromatic rings. The number of nitrogens with one attached hydrogen (secondary N) is 1. The van der Waals surface area contributed by atoms with Crippen LogP contribution < -0.4 is 10.1 Å². The van der Waals surface area contributed by atoms with Crippen LogP contribution in [0.4, 0.5) is 0 Å². The van der Waals surface area contributed by atoms with E-state index in [2.05, 4.69) is 5.32 Å². The van der Waals surface area contributed by atoms with Crippen LogP contribution in [0.25, 0.3) is 0 Å². The van der Waals surface area contributed by atoms with Crippen LogP contribution in [0.2, 0.25) is 0 Å². The molecule has 0 unspecified atom stereocenters. The Hall–Kier alpha value is -2.08. The minimum absolute atomic E-state index is 0.263.